The Balaban J connectivity index is 1.55. The van der Waals surface area contributed by atoms with Crippen LogP contribution in [0, 0.1) is 0 Å². The maximum atomic E-state index is 13.3. The number of pyridine rings is 1. The van der Waals surface area contributed by atoms with Gasteiger partial charge in [-0.2, -0.15) is 0 Å². The highest BCUT2D eigenvalue weighted by Crippen LogP contribution is 2.39. The van der Waals surface area contributed by atoms with E-state index in [2.05, 4.69) is 9.97 Å². The molecule has 2 heterocycles. The molecule has 0 radical (unpaired) electrons. The number of thiazole rings is 1. The van der Waals surface area contributed by atoms with Crippen LogP contribution in [-0.4, -0.2) is 21.9 Å². The van der Waals surface area contributed by atoms with Crippen LogP contribution in [0.3, 0.4) is 0 Å². The van der Waals surface area contributed by atoms with Gasteiger partial charge in [0.2, 0.25) is 0 Å². The minimum absolute atomic E-state index is 0.147. The van der Waals surface area contributed by atoms with Crippen molar-refractivity contribution in [3.05, 3.63) is 94.1 Å². The van der Waals surface area contributed by atoms with Crippen molar-refractivity contribution >= 4 is 45.5 Å². The summed E-state index contributed by atoms with van der Waals surface area (Å²) in [6.07, 6.45) is 0.733. The smallest absolute Gasteiger partial charge is 0.421 e. The normalized spacial score (nSPS) is 13.4. The predicted molar refractivity (Wildman–Crippen MR) is 122 cm³/mol. The number of benzene rings is 2. The van der Waals surface area contributed by atoms with Crippen LogP contribution >= 0.6 is 11.3 Å². The number of carbonyl (C=O) groups excluding carboxylic acids is 2. The van der Waals surface area contributed by atoms with Crippen molar-refractivity contribution < 1.29 is 19.1 Å². The number of para-hydroxylation sites is 1. The third kappa shape index (κ3) is 3.46. The Bertz CT molecular complexity index is 1390. The molecule has 0 saturated carbocycles. The number of hydrogen-bond acceptors (Lipinski definition) is 7. The second-order valence-electron chi connectivity index (χ2n) is 7.77. The lowest BCUT2D eigenvalue weighted by molar-refractivity contribution is 0.000985. The van der Waals surface area contributed by atoms with Crippen molar-refractivity contribution in [1.29, 1.82) is 0 Å². The first-order chi connectivity index (χ1) is 15.4. The molecule has 0 N–H and O–H groups in total. The molecule has 4 aromatic rings. The lowest BCUT2D eigenvalue weighted by Crippen LogP contribution is -2.25. The molecular weight excluding hydrogens is 424 g/mol. The number of hydrogen-bond donors (Lipinski definition) is 0. The van der Waals surface area contributed by atoms with Crippen LogP contribution in [-0.2, 0) is 15.1 Å². The number of allylic oxidation sites excluding steroid dienone is 1. The molecule has 0 spiro atoms. The number of carbonyl (C=O) groups is 2. The highest BCUT2D eigenvalue weighted by Gasteiger charge is 2.36. The van der Waals surface area contributed by atoms with Crippen molar-refractivity contribution in [3.8, 4) is 0 Å². The quantitative estimate of drug-likeness (QED) is 0.369. The molecule has 2 aromatic carbocycles. The Kier molecular flexibility index (Phi) is 4.83. The van der Waals surface area contributed by atoms with Gasteiger partial charge in [-0.3, -0.25) is 4.79 Å². The Morgan fingerprint density at radius 2 is 1.72 bits per heavy atom. The summed E-state index contributed by atoms with van der Waals surface area (Å²) < 4.78 is 11.2. The molecule has 1 aliphatic carbocycles. The van der Waals surface area contributed by atoms with Gasteiger partial charge in [-0.15, -0.1) is 11.3 Å². The van der Waals surface area contributed by atoms with E-state index in [1.165, 1.54) is 11.3 Å². The first-order valence-corrected chi connectivity index (χ1v) is 10.9. The standard InChI is InChI=1S/C25H18N2O4S/c1-25(2,23-26-13-14-32-23)31-24(29)30-22-17-9-5-4-8-16(17)21(28)20(22)19-12-11-15-7-3-6-10-18(15)27-19/h3-14H,1-2H3. The van der Waals surface area contributed by atoms with Crippen molar-refractivity contribution in [1.82, 2.24) is 9.97 Å². The topological polar surface area (TPSA) is 78.4 Å². The Labute approximate surface area is 188 Å². The fraction of sp³-hybridized carbons (Fsp3) is 0.120. The van der Waals surface area contributed by atoms with E-state index in [-0.39, 0.29) is 17.1 Å². The zero-order chi connectivity index (χ0) is 22.3. The largest absolute Gasteiger partial charge is 0.514 e. The number of aromatic nitrogens is 2. The van der Waals surface area contributed by atoms with Gasteiger partial charge < -0.3 is 9.47 Å². The molecule has 2 aromatic heterocycles. The van der Waals surface area contributed by atoms with E-state index in [1.807, 2.05) is 35.7 Å². The fourth-order valence-corrected chi connectivity index (χ4v) is 4.37. The monoisotopic (exact) mass is 442 g/mol. The van der Waals surface area contributed by atoms with Gasteiger partial charge in [0.25, 0.3) is 0 Å². The molecular formula is C25H18N2O4S. The van der Waals surface area contributed by atoms with Gasteiger partial charge in [0.15, 0.2) is 17.1 Å². The third-order valence-corrected chi connectivity index (χ3v) is 6.27. The van der Waals surface area contributed by atoms with E-state index in [0.717, 1.165) is 10.9 Å². The summed E-state index contributed by atoms with van der Waals surface area (Å²) in [6, 6.07) is 18.3. The van der Waals surface area contributed by atoms with E-state index in [1.54, 1.807) is 50.4 Å². The van der Waals surface area contributed by atoms with Crippen LogP contribution in [0.2, 0.25) is 0 Å². The van der Waals surface area contributed by atoms with Gasteiger partial charge >= 0.3 is 6.16 Å². The molecule has 0 amide bonds. The summed E-state index contributed by atoms with van der Waals surface area (Å²) in [4.78, 5) is 34.9. The summed E-state index contributed by atoms with van der Waals surface area (Å²) >= 11 is 1.38. The lowest BCUT2D eigenvalue weighted by atomic mass is 10.1. The van der Waals surface area contributed by atoms with Gasteiger partial charge in [-0.25, -0.2) is 14.8 Å². The Hall–Kier alpha value is -3.84. The highest BCUT2D eigenvalue weighted by molar-refractivity contribution is 7.09. The Morgan fingerprint density at radius 3 is 2.50 bits per heavy atom. The van der Waals surface area contributed by atoms with Crippen molar-refractivity contribution in [2.45, 2.75) is 19.4 Å². The van der Waals surface area contributed by atoms with Crippen LogP contribution in [0.1, 0.15) is 40.5 Å². The molecule has 1 aliphatic rings. The summed E-state index contributed by atoms with van der Waals surface area (Å²) in [5.41, 5.74) is 1.43. The van der Waals surface area contributed by atoms with Crippen LogP contribution in [0.5, 0.6) is 0 Å². The predicted octanol–water partition coefficient (Wildman–Crippen LogP) is 5.84. The van der Waals surface area contributed by atoms with Gasteiger partial charge in [-0.1, -0.05) is 48.5 Å². The summed E-state index contributed by atoms with van der Waals surface area (Å²) in [5, 5.41) is 3.40. The van der Waals surface area contributed by atoms with Crippen molar-refractivity contribution in [2.24, 2.45) is 0 Å². The maximum Gasteiger partial charge on any atom is 0.514 e. The third-order valence-electron chi connectivity index (χ3n) is 5.20. The van der Waals surface area contributed by atoms with Crippen molar-refractivity contribution in [3.63, 3.8) is 0 Å². The van der Waals surface area contributed by atoms with Gasteiger partial charge in [-0.05, 0) is 26.0 Å². The number of ether oxygens (including phenoxy) is 2. The van der Waals surface area contributed by atoms with E-state index in [9.17, 15) is 9.59 Å². The molecule has 0 aliphatic heterocycles. The minimum Gasteiger partial charge on any atom is -0.421 e. The van der Waals surface area contributed by atoms with Gasteiger partial charge in [0.1, 0.15) is 5.01 Å². The zero-order valence-electron chi connectivity index (χ0n) is 17.4. The summed E-state index contributed by atoms with van der Waals surface area (Å²) in [5.74, 6) is -0.0984. The SMILES string of the molecule is CC(C)(OC(=O)OC1=C(c2ccc3ccccc3n2)C(=O)c2ccccc21)c1nccs1. The average molecular weight is 442 g/mol. The van der Waals surface area contributed by atoms with Crippen LogP contribution in [0.4, 0.5) is 4.79 Å². The number of fused-ring (bicyclic) bond motifs is 2. The molecule has 0 saturated heterocycles. The molecule has 0 fully saturated rings. The molecule has 32 heavy (non-hydrogen) atoms. The molecule has 0 unspecified atom stereocenters. The van der Waals surface area contributed by atoms with Gasteiger partial charge in [0.05, 0.1) is 16.8 Å². The van der Waals surface area contributed by atoms with E-state index in [0.29, 0.717) is 21.8 Å². The van der Waals surface area contributed by atoms with Crippen molar-refractivity contribution in [2.75, 3.05) is 0 Å². The van der Waals surface area contributed by atoms with Crippen LogP contribution in [0.15, 0.2) is 72.2 Å². The fourth-order valence-electron chi connectivity index (χ4n) is 3.67. The second kappa shape index (κ2) is 7.69. The minimum atomic E-state index is -0.977. The molecule has 6 nitrogen and oxygen atoms in total. The number of nitrogens with zero attached hydrogens (tertiary/aromatic N) is 2. The van der Waals surface area contributed by atoms with E-state index >= 15 is 0 Å². The molecule has 0 bridgehead atoms. The maximum absolute atomic E-state index is 13.3. The summed E-state index contributed by atoms with van der Waals surface area (Å²) in [6.45, 7) is 3.47. The molecule has 0 atom stereocenters. The number of ketones is 1. The number of Topliss-reactive ketones (excluding diaryl/α,β-unsaturated/α-hetero) is 1. The van der Waals surface area contributed by atoms with E-state index in [4.69, 9.17) is 9.47 Å². The zero-order valence-corrected chi connectivity index (χ0v) is 18.2. The molecule has 7 heteroatoms. The second-order valence-corrected chi connectivity index (χ2v) is 8.66. The molecule has 158 valence electrons. The number of rotatable bonds is 4. The molecule has 5 rings (SSSR count). The highest BCUT2D eigenvalue weighted by atomic mass is 32.1. The van der Waals surface area contributed by atoms with Crippen LogP contribution in [0.25, 0.3) is 22.2 Å². The first-order valence-electron chi connectivity index (χ1n) is 9.99. The van der Waals surface area contributed by atoms with Gasteiger partial charge in [0, 0.05) is 28.1 Å². The lowest BCUT2D eigenvalue weighted by Gasteiger charge is -2.22. The summed E-state index contributed by atoms with van der Waals surface area (Å²) in [7, 11) is 0. The first kappa shape index (κ1) is 20.1. The van der Waals surface area contributed by atoms with Crippen LogP contribution < -0.4 is 0 Å². The Morgan fingerprint density at radius 1 is 0.969 bits per heavy atom. The van der Waals surface area contributed by atoms with E-state index < -0.39 is 11.8 Å². The average Bonchev–Trinajstić information content (AvgIpc) is 3.42.